The van der Waals surface area contributed by atoms with E-state index in [1.807, 2.05) is 60.7 Å². The number of para-hydroxylation sites is 1. The Morgan fingerprint density at radius 1 is 0.875 bits per heavy atom. The Labute approximate surface area is 183 Å². The number of hydrogen-bond acceptors (Lipinski definition) is 5. The summed E-state index contributed by atoms with van der Waals surface area (Å²) in [6.07, 6.45) is 1.76. The molecule has 2 heterocycles. The maximum Gasteiger partial charge on any atom is 0.248 e. The van der Waals surface area contributed by atoms with Gasteiger partial charge >= 0.3 is 0 Å². The summed E-state index contributed by atoms with van der Waals surface area (Å²) in [5, 5.41) is 7.94. The predicted octanol–water partition coefficient (Wildman–Crippen LogP) is 4.77. The van der Waals surface area contributed by atoms with Crippen LogP contribution in [-0.2, 0) is 0 Å². The third kappa shape index (κ3) is 3.52. The van der Waals surface area contributed by atoms with Gasteiger partial charge in [0.2, 0.25) is 5.91 Å². The molecule has 0 saturated heterocycles. The molecular weight excluding hydrogens is 402 g/mol. The van der Waals surface area contributed by atoms with Crippen molar-refractivity contribution in [3.8, 4) is 33.9 Å². The molecule has 0 unspecified atom stereocenters. The van der Waals surface area contributed by atoms with E-state index in [4.69, 9.17) is 16.2 Å². The van der Waals surface area contributed by atoms with Crippen LogP contribution in [0.5, 0.6) is 11.5 Å². The van der Waals surface area contributed by atoms with E-state index in [9.17, 15) is 4.79 Å². The molecule has 7 heteroatoms. The summed E-state index contributed by atoms with van der Waals surface area (Å²) < 4.78 is 5.88. The van der Waals surface area contributed by atoms with Gasteiger partial charge in [0.15, 0.2) is 5.82 Å². The number of benzene rings is 3. The first-order chi connectivity index (χ1) is 15.6. The number of H-pyrrole nitrogens is 1. The minimum Gasteiger partial charge on any atom is -0.457 e. The molecule has 0 aliphatic heterocycles. The van der Waals surface area contributed by atoms with Gasteiger partial charge in [-0.05, 0) is 42.0 Å². The minimum absolute atomic E-state index is 0.370. The average Bonchev–Trinajstić information content (AvgIpc) is 3.22. The molecule has 5 rings (SSSR count). The molecule has 156 valence electrons. The summed E-state index contributed by atoms with van der Waals surface area (Å²) in [5.74, 6) is 1.37. The second-order valence-corrected chi connectivity index (χ2v) is 7.26. The molecule has 5 aromatic rings. The van der Waals surface area contributed by atoms with Gasteiger partial charge in [-0.3, -0.25) is 14.9 Å². The quantitative estimate of drug-likeness (QED) is 0.378. The number of nitrogens with two attached hydrogens (primary N) is 2. The van der Waals surface area contributed by atoms with E-state index in [-0.39, 0.29) is 0 Å². The number of aromatic nitrogens is 3. The molecule has 7 nitrogen and oxygen atoms in total. The van der Waals surface area contributed by atoms with Gasteiger partial charge in [0, 0.05) is 22.9 Å². The molecule has 0 radical (unpaired) electrons. The monoisotopic (exact) mass is 421 g/mol. The van der Waals surface area contributed by atoms with Crippen molar-refractivity contribution >= 4 is 22.6 Å². The van der Waals surface area contributed by atoms with Crippen molar-refractivity contribution in [1.29, 1.82) is 0 Å². The molecule has 0 aliphatic rings. The zero-order valence-corrected chi connectivity index (χ0v) is 16.9. The van der Waals surface area contributed by atoms with Crippen molar-refractivity contribution < 1.29 is 9.53 Å². The molecule has 3 aromatic carbocycles. The van der Waals surface area contributed by atoms with Gasteiger partial charge in [-0.1, -0.05) is 42.5 Å². The topological polar surface area (TPSA) is 120 Å². The second kappa shape index (κ2) is 7.88. The molecule has 1 amide bonds. The number of nitrogen functional groups attached to an aromatic ring is 1. The highest BCUT2D eigenvalue weighted by atomic mass is 16.5. The van der Waals surface area contributed by atoms with Crippen LogP contribution in [0.4, 0.5) is 5.82 Å². The standard InChI is InChI=1S/C25H19N5O2/c26-24-21-20(15-9-11-19(12-10-15)32-18-7-2-1-3-8-18)14-28-22(23(21)29-30-24)16-5-4-6-17(13-16)25(27)31/h1-14H,(H2,27,31)(H3,26,29,30). The van der Waals surface area contributed by atoms with Gasteiger partial charge in [0.25, 0.3) is 0 Å². The molecule has 0 bridgehead atoms. The molecular formula is C25H19N5O2. The summed E-state index contributed by atoms with van der Waals surface area (Å²) in [6, 6.07) is 24.3. The molecule has 0 aliphatic carbocycles. The van der Waals surface area contributed by atoms with Crippen LogP contribution < -0.4 is 16.2 Å². The largest absolute Gasteiger partial charge is 0.457 e. The Morgan fingerprint density at radius 3 is 2.38 bits per heavy atom. The predicted molar refractivity (Wildman–Crippen MR) is 124 cm³/mol. The normalized spacial score (nSPS) is 10.9. The van der Waals surface area contributed by atoms with Crippen LogP contribution in [0.25, 0.3) is 33.3 Å². The van der Waals surface area contributed by atoms with Gasteiger partial charge in [0.1, 0.15) is 11.5 Å². The van der Waals surface area contributed by atoms with Crippen molar-refractivity contribution in [2.45, 2.75) is 0 Å². The maximum atomic E-state index is 11.6. The van der Waals surface area contributed by atoms with Crippen LogP contribution in [-0.4, -0.2) is 21.1 Å². The lowest BCUT2D eigenvalue weighted by molar-refractivity contribution is 0.100. The molecule has 0 atom stereocenters. The lowest BCUT2D eigenvalue weighted by atomic mass is 10.00. The van der Waals surface area contributed by atoms with Crippen LogP contribution in [0.3, 0.4) is 0 Å². The SMILES string of the molecule is NC(=O)c1cccc(-c2ncc(-c3ccc(Oc4ccccc4)cc3)c3c(N)n[nH]c23)c1. The fourth-order valence-corrected chi connectivity index (χ4v) is 3.64. The van der Waals surface area contributed by atoms with E-state index in [1.54, 1.807) is 24.4 Å². The highest BCUT2D eigenvalue weighted by Gasteiger charge is 2.17. The number of amides is 1. The summed E-state index contributed by atoms with van der Waals surface area (Å²) in [6.45, 7) is 0. The fraction of sp³-hybridized carbons (Fsp3) is 0. The van der Waals surface area contributed by atoms with Crippen molar-refractivity contribution in [1.82, 2.24) is 15.2 Å². The summed E-state index contributed by atoms with van der Waals surface area (Å²) >= 11 is 0. The van der Waals surface area contributed by atoms with Crippen molar-refractivity contribution in [3.05, 3.63) is 90.6 Å². The number of anilines is 1. The van der Waals surface area contributed by atoms with E-state index >= 15 is 0 Å². The first-order valence-corrected chi connectivity index (χ1v) is 9.96. The van der Waals surface area contributed by atoms with Gasteiger partial charge in [-0.2, -0.15) is 5.10 Å². The zero-order valence-electron chi connectivity index (χ0n) is 16.9. The Kier molecular flexibility index (Phi) is 4.76. The second-order valence-electron chi connectivity index (χ2n) is 7.26. The van der Waals surface area contributed by atoms with E-state index in [1.165, 1.54) is 0 Å². The van der Waals surface area contributed by atoms with Crippen LogP contribution in [0, 0.1) is 0 Å². The van der Waals surface area contributed by atoms with Crippen LogP contribution in [0.15, 0.2) is 85.1 Å². The Balaban J connectivity index is 1.55. The molecule has 0 saturated carbocycles. The van der Waals surface area contributed by atoms with E-state index in [2.05, 4.69) is 15.2 Å². The highest BCUT2D eigenvalue weighted by Crippen LogP contribution is 2.36. The third-order valence-electron chi connectivity index (χ3n) is 5.19. The number of hydrogen-bond donors (Lipinski definition) is 3. The van der Waals surface area contributed by atoms with Crippen molar-refractivity contribution in [2.75, 3.05) is 5.73 Å². The lowest BCUT2D eigenvalue weighted by Crippen LogP contribution is -2.10. The number of carbonyl (C=O) groups is 1. The van der Waals surface area contributed by atoms with Crippen molar-refractivity contribution in [2.24, 2.45) is 5.73 Å². The average molecular weight is 421 g/mol. The minimum atomic E-state index is -0.498. The number of rotatable bonds is 5. The zero-order chi connectivity index (χ0) is 22.1. The van der Waals surface area contributed by atoms with E-state index in [0.717, 1.165) is 33.6 Å². The van der Waals surface area contributed by atoms with E-state index in [0.29, 0.717) is 22.6 Å². The third-order valence-corrected chi connectivity index (χ3v) is 5.19. The van der Waals surface area contributed by atoms with Gasteiger partial charge < -0.3 is 16.2 Å². The van der Waals surface area contributed by atoms with Gasteiger partial charge in [-0.25, -0.2) is 0 Å². The lowest BCUT2D eigenvalue weighted by Gasteiger charge is -2.10. The van der Waals surface area contributed by atoms with Crippen molar-refractivity contribution in [3.63, 3.8) is 0 Å². The summed E-state index contributed by atoms with van der Waals surface area (Å²) in [4.78, 5) is 16.2. The number of carbonyl (C=O) groups excluding carboxylic acids is 1. The number of ether oxygens (including phenoxy) is 1. The Morgan fingerprint density at radius 2 is 1.62 bits per heavy atom. The molecule has 2 aromatic heterocycles. The summed E-state index contributed by atoms with van der Waals surface area (Å²) in [5.41, 5.74) is 15.9. The van der Waals surface area contributed by atoms with Gasteiger partial charge in [-0.15, -0.1) is 0 Å². The fourth-order valence-electron chi connectivity index (χ4n) is 3.64. The Hall–Kier alpha value is -4.65. The van der Waals surface area contributed by atoms with E-state index < -0.39 is 5.91 Å². The van der Waals surface area contributed by atoms with Gasteiger partial charge in [0.05, 0.1) is 16.6 Å². The number of fused-ring (bicyclic) bond motifs is 1. The summed E-state index contributed by atoms with van der Waals surface area (Å²) in [7, 11) is 0. The first kappa shape index (κ1) is 19.3. The Bertz CT molecular complexity index is 1430. The van der Waals surface area contributed by atoms with Crippen LogP contribution in [0.1, 0.15) is 10.4 Å². The van der Waals surface area contributed by atoms with Crippen LogP contribution in [0.2, 0.25) is 0 Å². The number of pyridine rings is 1. The maximum absolute atomic E-state index is 11.6. The highest BCUT2D eigenvalue weighted by molar-refractivity contribution is 6.06. The number of nitrogens with zero attached hydrogens (tertiary/aromatic N) is 2. The number of aromatic amines is 1. The van der Waals surface area contributed by atoms with Crippen LogP contribution >= 0.6 is 0 Å². The molecule has 5 N–H and O–H groups in total. The molecule has 0 spiro atoms. The first-order valence-electron chi connectivity index (χ1n) is 9.96. The molecule has 32 heavy (non-hydrogen) atoms. The smallest absolute Gasteiger partial charge is 0.248 e. The molecule has 0 fully saturated rings. The number of primary amides is 1. The number of nitrogens with one attached hydrogen (secondary N) is 1.